The molecule has 2 rings (SSSR count). The third-order valence-corrected chi connectivity index (χ3v) is 3.36. The molecule has 0 radical (unpaired) electrons. The van der Waals surface area contributed by atoms with Crippen LogP contribution in [0.4, 0.5) is 4.39 Å². The lowest BCUT2D eigenvalue weighted by atomic mass is 10.0. The van der Waals surface area contributed by atoms with Crippen LogP contribution in [0, 0.1) is 5.82 Å². The minimum atomic E-state index is -0.459. The maximum absolute atomic E-state index is 12.9. The van der Waals surface area contributed by atoms with Crippen molar-refractivity contribution in [2.45, 2.75) is 6.04 Å². The van der Waals surface area contributed by atoms with Crippen LogP contribution in [0.5, 0.6) is 0 Å². The molecule has 4 nitrogen and oxygen atoms in total. The summed E-state index contributed by atoms with van der Waals surface area (Å²) in [6.07, 6.45) is 0. The summed E-state index contributed by atoms with van der Waals surface area (Å²) in [5.74, 6) is -0.688. The average molecular weight is 251 g/mol. The Hall–Kier alpha value is -1.46. The lowest BCUT2D eigenvalue weighted by molar-refractivity contribution is -0.124. The summed E-state index contributed by atoms with van der Waals surface area (Å²) in [5, 5.41) is 0. The van der Waals surface area contributed by atoms with Crippen LogP contribution in [0.1, 0.15) is 11.6 Å². The van der Waals surface area contributed by atoms with E-state index in [-0.39, 0.29) is 11.7 Å². The van der Waals surface area contributed by atoms with Crippen molar-refractivity contribution in [1.82, 2.24) is 9.80 Å². The van der Waals surface area contributed by atoms with Gasteiger partial charge in [0.2, 0.25) is 5.91 Å². The quantitative estimate of drug-likeness (QED) is 0.856. The van der Waals surface area contributed by atoms with Gasteiger partial charge in [0.1, 0.15) is 11.9 Å². The van der Waals surface area contributed by atoms with Crippen LogP contribution in [-0.2, 0) is 4.79 Å². The highest BCUT2D eigenvalue weighted by molar-refractivity contribution is 5.81. The number of primary amides is 1. The largest absolute Gasteiger partial charge is 0.368 e. The van der Waals surface area contributed by atoms with Gasteiger partial charge in [0.15, 0.2) is 0 Å². The van der Waals surface area contributed by atoms with Crippen LogP contribution in [0.2, 0.25) is 0 Å². The molecule has 0 saturated carbocycles. The molecule has 5 heteroatoms. The van der Waals surface area contributed by atoms with Gasteiger partial charge in [-0.3, -0.25) is 9.69 Å². The third kappa shape index (κ3) is 2.86. The first-order valence-electron chi connectivity index (χ1n) is 6.05. The summed E-state index contributed by atoms with van der Waals surface area (Å²) in [6, 6.07) is 5.52. The van der Waals surface area contributed by atoms with Crippen molar-refractivity contribution in [3.8, 4) is 0 Å². The summed E-state index contributed by atoms with van der Waals surface area (Å²) in [6.45, 7) is 3.40. The molecule has 1 fully saturated rings. The van der Waals surface area contributed by atoms with E-state index in [0.29, 0.717) is 0 Å². The molecule has 1 aliphatic rings. The number of nitrogens with zero attached hydrogens (tertiary/aromatic N) is 2. The fourth-order valence-corrected chi connectivity index (χ4v) is 2.28. The van der Waals surface area contributed by atoms with Crippen molar-refractivity contribution in [1.29, 1.82) is 0 Å². The minimum absolute atomic E-state index is 0.305. The molecule has 1 atom stereocenters. The van der Waals surface area contributed by atoms with Crippen molar-refractivity contribution in [3.05, 3.63) is 35.6 Å². The van der Waals surface area contributed by atoms with Crippen molar-refractivity contribution in [2.24, 2.45) is 5.73 Å². The second-order valence-electron chi connectivity index (χ2n) is 4.70. The Balaban J connectivity index is 2.18. The molecule has 1 aromatic rings. The third-order valence-electron chi connectivity index (χ3n) is 3.36. The number of piperazine rings is 1. The first kappa shape index (κ1) is 13.0. The van der Waals surface area contributed by atoms with Crippen LogP contribution in [0.25, 0.3) is 0 Å². The standard InChI is InChI=1S/C13H18FN3O/c1-16-6-8-17(9-7-16)12(13(15)18)10-2-4-11(14)5-3-10/h2-5,12H,6-9H2,1H3,(H2,15,18). The predicted molar refractivity (Wildman–Crippen MR) is 67.4 cm³/mol. The first-order valence-corrected chi connectivity index (χ1v) is 6.05. The SMILES string of the molecule is CN1CCN(C(C(N)=O)c2ccc(F)cc2)CC1. The van der Waals surface area contributed by atoms with Gasteiger partial charge < -0.3 is 10.6 Å². The molecular weight excluding hydrogens is 233 g/mol. The highest BCUT2D eigenvalue weighted by Crippen LogP contribution is 2.22. The van der Waals surface area contributed by atoms with Crippen LogP contribution in [-0.4, -0.2) is 48.9 Å². The van der Waals surface area contributed by atoms with Gasteiger partial charge in [-0.2, -0.15) is 0 Å². The number of halogens is 1. The van der Waals surface area contributed by atoms with E-state index in [2.05, 4.69) is 16.8 Å². The van der Waals surface area contributed by atoms with Crippen LogP contribution in [0.3, 0.4) is 0 Å². The van der Waals surface area contributed by atoms with Gasteiger partial charge in [0.25, 0.3) is 0 Å². The van der Waals surface area contributed by atoms with E-state index < -0.39 is 6.04 Å². The molecule has 1 heterocycles. The highest BCUT2D eigenvalue weighted by atomic mass is 19.1. The summed E-state index contributed by atoms with van der Waals surface area (Å²) in [4.78, 5) is 15.9. The fourth-order valence-electron chi connectivity index (χ4n) is 2.28. The number of benzene rings is 1. The topological polar surface area (TPSA) is 49.6 Å². The van der Waals surface area contributed by atoms with E-state index in [1.54, 1.807) is 12.1 Å². The lowest BCUT2D eigenvalue weighted by Crippen LogP contribution is -2.49. The van der Waals surface area contributed by atoms with Gasteiger partial charge in [-0.15, -0.1) is 0 Å². The van der Waals surface area contributed by atoms with Gasteiger partial charge >= 0.3 is 0 Å². The van der Waals surface area contributed by atoms with Crippen molar-refractivity contribution >= 4 is 5.91 Å². The Morgan fingerprint density at radius 1 is 1.22 bits per heavy atom. The van der Waals surface area contributed by atoms with E-state index in [9.17, 15) is 9.18 Å². The molecule has 0 bridgehead atoms. The monoisotopic (exact) mass is 251 g/mol. The molecule has 0 aromatic heterocycles. The number of nitrogens with two attached hydrogens (primary N) is 1. The second kappa shape index (κ2) is 5.46. The lowest BCUT2D eigenvalue weighted by Gasteiger charge is -2.36. The van der Waals surface area contributed by atoms with Gasteiger partial charge in [-0.1, -0.05) is 12.1 Å². The molecule has 98 valence electrons. The van der Waals surface area contributed by atoms with Gasteiger partial charge in [-0.05, 0) is 24.7 Å². The Morgan fingerprint density at radius 2 is 1.78 bits per heavy atom. The summed E-state index contributed by atoms with van der Waals surface area (Å²) < 4.78 is 12.9. The van der Waals surface area contributed by atoms with Crippen molar-refractivity contribution in [3.63, 3.8) is 0 Å². The molecule has 1 aromatic carbocycles. The van der Waals surface area contributed by atoms with Crippen molar-refractivity contribution in [2.75, 3.05) is 33.2 Å². The number of carbonyl (C=O) groups excluding carboxylic acids is 1. The smallest absolute Gasteiger partial charge is 0.239 e. The predicted octanol–water partition coefficient (Wildman–Crippen LogP) is 0.599. The van der Waals surface area contributed by atoms with E-state index in [0.717, 1.165) is 31.7 Å². The molecule has 1 saturated heterocycles. The Morgan fingerprint density at radius 3 is 2.28 bits per heavy atom. The molecule has 1 unspecified atom stereocenters. The number of likely N-dealkylation sites (N-methyl/N-ethyl adjacent to an activating group) is 1. The summed E-state index contributed by atoms with van der Waals surface area (Å²) in [7, 11) is 2.05. The number of amides is 1. The maximum atomic E-state index is 12.9. The van der Waals surface area contributed by atoms with Crippen LogP contribution in [0.15, 0.2) is 24.3 Å². The second-order valence-corrected chi connectivity index (χ2v) is 4.70. The molecule has 1 amide bonds. The van der Waals surface area contributed by atoms with E-state index in [1.165, 1.54) is 12.1 Å². The fraction of sp³-hybridized carbons (Fsp3) is 0.462. The minimum Gasteiger partial charge on any atom is -0.368 e. The van der Waals surface area contributed by atoms with E-state index in [4.69, 9.17) is 5.73 Å². The normalized spacial score (nSPS) is 19.7. The van der Waals surface area contributed by atoms with E-state index >= 15 is 0 Å². The Kier molecular flexibility index (Phi) is 3.93. The zero-order valence-corrected chi connectivity index (χ0v) is 10.5. The first-order chi connectivity index (χ1) is 8.58. The molecular formula is C13H18FN3O. The van der Waals surface area contributed by atoms with Gasteiger partial charge in [0, 0.05) is 26.2 Å². The van der Waals surface area contributed by atoms with Crippen LogP contribution >= 0.6 is 0 Å². The zero-order chi connectivity index (χ0) is 13.1. The molecule has 0 spiro atoms. The average Bonchev–Trinajstić information content (AvgIpc) is 2.34. The Bertz CT molecular complexity index is 413. The van der Waals surface area contributed by atoms with Gasteiger partial charge in [0.05, 0.1) is 0 Å². The highest BCUT2D eigenvalue weighted by Gasteiger charge is 2.27. The number of carbonyl (C=O) groups is 1. The van der Waals surface area contributed by atoms with Gasteiger partial charge in [-0.25, -0.2) is 4.39 Å². The number of hydrogen-bond donors (Lipinski definition) is 1. The molecule has 2 N–H and O–H groups in total. The number of rotatable bonds is 3. The van der Waals surface area contributed by atoms with Crippen LogP contribution < -0.4 is 5.73 Å². The molecule has 0 aliphatic carbocycles. The Labute approximate surface area is 106 Å². The molecule has 18 heavy (non-hydrogen) atoms. The molecule has 1 aliphatic heterocycles. The maximum Gasteiger partial charge on any atom is 0.239 e. The summed E-state index contributed by atoms with van der Waals surface area (Å²) >= 11 is 0. The van der Waals surface area contributed by atoms with Crippen molar-refractivity contribution < 1.29 is 9.18 Å². The number of hydrogen-bond acceptors (Lipinski definition) is 3. The van der Waals surface area contributed by atoms with E-state index in [1.807, 2.05) is 0 Å². The summed E-state index contributed by atoms with van der Waals surface area (Å²) in [5.41, 5.74) is 6.24. The zero-order valence-electron chi connectivity index (χ0n) is 10.5.